The summed E-state index contributed by atoms with van der Waals surface area (Å²) in [5.41, 5.74) is 10.2. The van der Waals surface area contributed by atoms with E-state index in [2.05, 4.69) is 0 Å². The second kappa shape index (κ2) is 8.69. The highest BCUT2D eigenvalue weighted by molar-refractivity contribution is 6.29. The summed E-state index contributed by atoms with van der Waals surface area (Å²) in [5.74, 6) is -1.45. The number of rotatable bonds is 5. The lowest BCUT2D eigenvalue weighted by Crippen LogP contribution is -2.66. The minimum absolute atomic E-state index is 0.126. The van der Waals surface area contributed by atoms with Gasteiger partial charge in [0.25, 0.3) is 17.7 Å². The number of nitrogens with zero attached hydrogens (tertiary/aromatic N) is 4. The van der Waals surface area contributed by atoms with Crippen LogP contribution in [0.1, 0.15) is 57.8 Å². The summed E-state index contributed by atoms with van der Waals surface area (Å²) in [5, 5.41) is 0. The molecule has 3 saturated heterocycles. The Kier molecular flexibility index (Phi) is 5.75. The van der Waals surface area contributed by atoms with Crippen molar-refractivity contribution in [2.75, 3.05) is 33.4 Å². The van der Waals surface area contributed by atoms with Crippen LogP contribution in [0.25, 0.3) is 0 Å². The van der Waals surface area contributed by atoms with Crippen LogP contribution < -0.4 is 11.5 Å². The van der Waals surface area contributed by atoms with Gasteiger partial charge in [0, 0.05) is 38.7 Å². The zero-order valence-electron chi connectivity index (χ0n) is 21.8. The molecule has 7 amide bonds. The van der Waals surface area contributed by atoms with E-state index in [1.54, 1.807) is 11.9 Å². The lowest BCUT2D eigenvalue weighted by Gasteiger charge is -2.59. The van der Waals surface area contributed by atoms with Crippen molar-refractivity contribution in [1.29, 1.82) is 0 Å². The molecule has 3 aliphatic carbocycles. The third-order valence-corrected chi connectivity index (χ3v) is 9.67. The van der Waals surface area contributed by atoms with Gasteiger partial charge < -0.3 is 21.1 Å². The zero-order valence-corrected chi connectivity index (χ0v) is 21.8. The number of likely N-dealkylation sites (N-methyl/N-ethyl adjacent to an activating group) is 1. The van der Waals surface area contributed by atoms with Gasteiger partial charge in [0.2, 0.25) is 0 Å². The van der Waals surface area contributed by atoms with Gasteiger partial charge in [0.15, 0.2) is 0 Å². The molecule has 2 spiro atoms. The van der Waals surface area contributed by atoms with Crippen molar-refractivity contribution in [3.05, 3.63) is 11.4 Å². The molecule has 3 heterocycles. The highest BCUT2D eigenvalue weighted by atomic mass is 16.5. The smallest absolute Gasteiger partial charge is 0.334 e. The maximum absolute atomic E-state index is 13.4. The molecule has 3 saturated carbocycles. The largest absolute Gasteiger partial charge is 0.385 e. The molecule has 12 nitrogen and oxygen atoms in total. The summed E-state index contributed by atoms with van der Waals surface area (Å²) in [6.45, 7) is 2.07. The Hall–Kier alpha value is -3.15. The van der Waals surface area contributed by atoms with E-state index in [0.29, 0.717) is 45.4 Å². The van der Waals surface area contributed by atoms with E-state index in [1.807, 2.05) is 0 Å². The fourth-order valence-corrected chi connectivity index (χ4v) is 7.41. The number of barbiturate groups is 1. The first-order valence-corrected chi connectivity index (χ1v) is 13.7. The first-order chi connectivity index (χ1) is 18.1. The number of carbonyl (C=O) groups is 5. The maximum atomic E-state index is 13.4. The van der Waals surface area contributed by atoms with Gasteiger partial charge in [-0.2, -0.15) is 0 Å². The molecule has 12 heteroatoms. The van der Waals surface area contributed by atoms with Crippen molar-refractivity contribution in [2.24, 2.45) is 28.7 Å². The molecule has 0 aromatic carbocycles. The summed E-state index contributed by atoms with van der Waals surface area (Å²) in [6.07, 6.45) is 6.50. The Morgan fingerprint density at radius 2 is 1.58 bits per heavy atom. The highest BCUT2D eigenvalue weighted by Crippen LogP contribution is 2.61. The molecule has 0 aromatic rings. The number of amides is 7. The highest BCUT2D eigenvalue weighted by Gasteiger charge is 2.68. The monoisotopic (exact) mass is 528 g/mol. The second-order valence-electron chi connectivity index (χ2n) is 12.3. The molecule has 0 bridgehead atoms. The number of hydrogen-bond donors (Lipinski definition) is 2. The van der Waals surface area contributed by atoms with Gasteiger partial charge in [0.1, 0.15) is 16.9 Å². The fourth-order valence-electron chi connectivity index (χ4n) is 7.41. The number of carbonyl (C=O) groups excluding carboxylic acids is 5. The number of urea groups is 2. The quantitative estimate of drug-likeness (QED) is 0.300. The molecule has 1 atom stereocenters. The number of ether oxygens (including phenoxy) is 1. The second-order valence-corrected chi connectivity index (χ2v) is 12.3. The molecule has 38 heavy (non-hydrogen) atoms. The predicted molar refractivity (Wildman–Crippen MR) is 133 cm³/mol. The topological polar surface area (TPSA) is 160 Å². The normalized spacial score (nSPS) is 35.8. The number of nitrogens with two attached hydrogens (primary N) is 2. The van der Waals surface area contributed by atoms with E-state index in [4.69, 9.17) is 16.2 Å². The van der Waals surface area contributed by atoms with Crippen LogP contribution in [-0.2, 0) is 19.1 Å². The van der Waals surface area contributed by atoms with Gasteiger partial charge in [-0.3, -0.25) is 29.1 Å². The maximum Gasteiger partial charge on any atom is 0.334 e. The summed E-state index contributed by atoms with van der Waals surface area (Å²) in [4.78, 5) is 71.0. The van der Waals surface area contributed by atoms with Crippen molar-refractivity contribution in [3.8, 4) is 0 Å². The Morgan fingerprint density at radius 1 is 0.895 bits per heavy atom. The average Bonchev–Trinajstić information content (AvgIpc) is 3.50. The van der Waals surface area contributed by atoms with Gasteiger partial charge in [-0.25, -0.2) is 9.59 Å². The Bertz CT molecular complexity index is 1120. The summed E-state index contributed by atoms with van der Waals surface area (Å²) >= 11 is 0. The third-order valence-electron chi connectivity index (χ3n) is 9.67. The van der Waals surface area contributed by atoms with Gasteiger partial charge in [0.05, 0.1) is 6.61 Å². The summed E-state index contributed by atoms with van der Waals surface area (Å²) in [7, 11) is 1.55. The summed E-state index contributed by atoms with van der Waals surface area (Å²) in [6, 6.07) is -1.21. The van der Waals surface area contributed by atoms with Crippen LogP contribution in [0.3, 0.4) is 0 Å². The van der Waals surface area contributed by atoms with Crippen molar-refractivity contribution >= 4 is 29.8 Å². The van der Waals surface area contributed by atoms with Crippen molar-refractivity contribution in [1.82, 2.24) is 19.6 Å². The third kappa shape index (κ3) is 3.70. The Labute approximate surface area is 221 Å². The van der Waals surface area contributed by atoms with Crippen LogP contribution in [0.5, 0.6) is 0 Å². The Balaban J connectivity index is 1.16. The molecule has 206 valence electrons. The molecule has 0 radical (unpaired) electrons. The molecule has 0 aromatic heterocycles. The minimum atomic E-state index is -0.810. The van der Waals surface area contributed by atoms with Crippen LogP contribution in [0.2, 0.25) is 0 Å². The van der Waals surface area contributed by atoms with E-state index < -0.39 is 23.4 Å². The number of hydrogen-bond acceptors (Lipinski definition) is 8. The Morgan fingerprint density at radius 3 is 2.16 bits per heavy atom. The summed E-state index contributed by atoms with van der Waals surface area (Å²) < 4.78 is 5.49. The SMILES string of the molecule is CN1C(=O)N(C[C@H]2CCOC2)C2(CC3(CCC(N4C(=O)C(=C(N)N)C(=O)N(CC5CC5)C4=O)CC3)C2)C1=O. The van der Waals surface area contributed by atoms with Crippen molar-refractivity contribution in [2.45, 2.75) is 69.4 Å². The molecule has 6 rings (SSSR count). The first kappa shape index (κ1) is 25.1. The van der Waals surface area contributed by atoms with Crippen molar-refractivity contribution < 1.29 is 28.7 Å². The molecular formula is C26H36N6O6. The first-order valence-electron chi connectivity index (χ1n) is 13.7. The van der Waals surface area contributed by atoms with Crippen LogP contribution in [0.15, 0.2) is 11.4 Å². The van der Waals surface area contributed by atoms with Crippen LogP contribution >= 0.6 is 0 Å². The minimum Gasteiger partial charge on any atom is -0.385 e. The van der Waals surface area contributed by atoms with Gasteiger partial charge >= 0.3 is 12.1 Å². The van der Waals surface area contributed by atoms with E-state index >= 15 is 0 Å². The lowest BCUT2D eigenvalue weighted by atomic mass is 9.51. The molecule has 0 unspecified atom stereocenters. The standard InChI is InChI=1S/C26H36N6O6/c1-29-22(35)26(31(23(29)36)11-16-6-9-38-12-16)13-25(14-26)7-4-17(5-8-25)32-21(34)18(19(27)28)20(33)30(24(32)37)10-15-2-3-15/h15-17H,2-14,27-28H2,1H3/t16-,17?,25?,26?/m1/s1. The number of imide groups is 3. The molecule has 6 aliphatic rings. The molecule has 4 N–H and O–H groups in total. The van der Waals surface area contributed by atoms with Crippen LogP contribution in [0.4, 0.5) is 9.59 Å². The predicted octanol–water partition coefficient (Wildman–Crippen LogP) is 0.708. The van der Waals surface area contributed by atoms with Crippen LogP contribution in [-0.4, -0.2) is 94.3 Å². The van der Waals surface area contributed by atoms with E-state index in [1.165, 1.54) is 9.80 Å². The molecular weight excluding hydrogens is 492 g/mol. The average molecular weight is 529 g/mol. The fraction of sp³-hybridized carbons (Fsp3) is 0.731. The van der Waals surface area contributed by atoms with Gasteiger partial charge in [-0.1, -0.05) is 0 Å². The van der Waals surface area contributed by atoms with Crippen molar-refractivity contribution in [3.63, 3.8) is 0 Å². The van der Waals surface area contributed by atoms with Gasteiger partial charge in [-0.15, -0.1) is 0 Å². The molecule has 3 aliphatic heterocycles. The van der Waals surface area contributed by atoms with E-state index in [9.17, 15) is 24.0 Å². The van der Waals surface area contributed by atoms with E-state index in [0.717, 1.165) is 37.0 Å². The van der Waals surface area contributed by atoms with E-state index in [-0.39, 0.29) is 53.2 Å². The molecule has 6 fully saturated rings. The van der Waals surface area contributed by atoms with Crippen LogP contribution in [0, 0.1) is 17.3 Å². The lowest BCUT2D eigenvalue weighted by molar-refractivity contribution is -0.151. The van der Waals surface area contributed by atoms with Gasteiger partial charge in [-0.05, 0) is 69.1 Å². The zero-order chi connectivity index (χ0) is 27.0.